The lowest BCUT2D eigenvalue weighted by atomic mass is 9.91. The Morgan fingerprint density at radius 1 is 1.33 bits per heavy atom. The van der Waals surface area contributed by atoms with Crippen LogP contribution in [0.25, 0.3) is 0 Å². The molecule has 0 heterocycles. The van der Waals surface area contributed by atoms with Crippen molar-refractivity contribution < 1.29 is 19.4 Å². The van der Waals surface area contributed by atoms with E-state index < -0.39 is 31.6 Å². The molecule has 0 fully saturated rings. The maximum atomic E-state index is 11.7. The molecule has 4 unspecified atom stereocenters. The summed E-state index contributed by atoms with van der Waals surface area (Å²) in [6, 6.07) is 8.74. The maximum absolute atomic E-state index is 11.7. The Hall–Kier alpha value is -1.16. The molecule has 21 heavy (non-hydrogen) atoms. The van der Waals surface area contributed by atoms with Crippen LogP contribution in [-0.2, 0) is 15.8 Å². The van der Waals surface area contributed by atoms with Crippen LogP contribution in [-0.4, -0.2) is 27.7 Å². The number of rotatable bonds is 9. The Morgan fingerprint density at radius 3 is 2.43 bits per heavy atom. The van der Waals surface area contributed by atoms with Gasteiger partial charge in [0.2, 0.25) is 0 Å². The molecule has 0 aliphatic rings. The zero-order chi connectivity index (χ0) is 15.8. The molecule has 1 aromatic carbocycles. The third-order valence-electron chi connectivity index (χ3n) is 3.68. The van der Waals surface area contributed by atoms with Crippen LogP contribution in [0.4, 0.5) is 0 Å². The summed E-state index contributed by atoms with van der Waals surface area (Å²) in [4.78, 5) is 21.0. The van der Waals surface area contributed by atoms with E-state index in [1.807, 2.05) is 37.3 Å². The molecule has 4 N–H and O–H groups in total. The Labute approximate surface area is 126 Å². The monoisotopic (exact) mass is 313 g/mol. The van der Waals surface area contributed by atoms with Crippen LogP contribution >= 0.6 is 8.03 Å². The molecule has 118 valence electrons. The second kappa shape index (κ2) is 8.98. The highest BCUT2D eigenvalue weighted by molar-refractivity contribution is 7.39. The zero-order valence-corrected chi connectivity index (χ0v) is 13.2. The highest BCUT2D eigenvalue weighted by Crippen LogP contribution is 2.35. The summed E-state index contributed by atoms with van der Waals surface area (Å²) in [7, 11) is -3.02. The lowest BCUT2D eigenvalue weighted by molar-refractivity contribution is -0.142. The quantitative estimate of drug-likeness (QED) is 0.607. The molecule has 6 heteroatoms. The topological polar surface area (TPSA) is 101 Å². The van der Waals surface area contributed by atoms with E-state index in [1.165, 1.54) is 0 Å². The molecule has 0 bridgehead atoms. The highest BCUT2D eigenvalue weighted by Gasteiger charge is 2.35. The second-order valence-electron chi connectivity index (χ2n) is 5.30. The molecule has 4 atom stereocenters. The van der Waals surface area contributed by atoms with Crippen molar-refractivity contribution in [3.63, 3.8) is 0 Å². The molecule has 0 spiro atoms. The Balaban J connectivity index is 2.87. The molecule has 1 rings (SSSR count). The number of aliphatic carboxylic acids is 1. The van der Waals surface area contributed by atoms with Crippen LogP contribution < -0.4 is 5.73 Å². The second-order valence-corrected chi connectivity index (χ2v) is 6.65. The fourth-order valence-corrected chi connectivity index (χ4v) is 3.69. The summed E-state index contributed by atoms with van der Waals surface area (Å²) in [6.45, 7) is 1.96. The van der Waals surface area contributed by atoms with E-state index in [1.54, 1.807) is 0 Å². The molecule has 0 radical (unpaired) electrons. The minimum atomic E-state index is -3.02. The molecular weight excluding hydrogens is 289 g/mol. The summed E-state index contributed by atoms with van der Waals surface area (Å²) in [5.74, 6) is -1.90. The van der Waals surface area contributed by atoms with Crippen molar-refractivity contribution in [3.8, 4) is 0 Å². The first kappa shape index (κ1) is 17.9. The van der Waals surface area contributed by atoms with E-state index in [4.69, 9.17) is 5.73 Å². The van der Waals surface area contributed by atoms with Crippen LogP contribution in [0, 0.1) is 5.92 Å². The molecule has 0 saturated heterocycles. The smallest absolute Gasteiger partial charge is 0.307 e. The van der Waals surface area contributed by atoms with Crippen molar-refractivity contribution in [1.82, 2.24) is 0 Å². The third-order valence-corrected chi connectivity index (χ3v) is 5.08. The molecule has 5 nitrogen and oxygen atoms in total. The molecule has 0 aromatic heterocycles. The molecule has 0 aliphatic carbocycles. The van der Waals surface area contributed by atoms with E-state index in [0.717, 1.165) is 12.0 Å². The van der Waals surface area contributed by atoms with Crippen molar-refractivity contribution in [1.29, 1.82) is 0 Å². The van der Waals surface area contributed by atoms with Gasteiger partial charge in [-0.25, -0.2) is 0 Å². The van der Waals surface area contributed by atoms with Gasteiger partial charge in [0.25, 0.3) is 0 Å². The van der Waals surface area contributed by atoms with Gasteiger partial charge < -0.3 is 15.7 Å². The SMILES string of the molecule is CCCCC(C(=O)O)C(C(N)Cc1ccccc1)[PH](=O)O. The minimum Gasteiger partial charge on any atom is -0.481 e. The van der Waals surface area contributed by atoms with Crippen LogP contribution in [0.3, 0.4) is 0 Å². The zero-order valence-electron chi connectivity index (χ0n) is 12.2. The van der Waals surface area contributed by atoms with Gasteiger partial charge >= 0.3 is 5.97 Å². The van der Waals surface area contributed by atoms with Gasteiger partial charge in [0.1, 0.15) is 0 Å². The normalized spacial score (nSPS) is 16.9. The molecule has 0 amide bonds. The largest absolute Gasteiger partial charge is 0.481 e. The third kappa shape index (κ3) is 5.62. The molecule has 0 saturated carbocycles. The fraction of sp³-hybridized carbons (Fsp3) is 0.533. The van der Waals surface area contributed by atoms with Crippen LogP contribution in [0.1, 0.15) is 31.7 Å². The van der Waals surface area contributed by atoms with E-state index >= 15 is 0 Å². The van der Waals surface area contributed by atoms with E-state index in [2.05, 4.69) is 0 Å². The van der Waals surface area contributed by atoms with Gasteiger partial charge in [-0.2, -0.15) is 0 Å². The average molecular weight is 313 g/mol. The summed E-state index contributed by atoms with van der Waals surface area (Å²) in [6.07, 6.45) is 2.34. The van der Waals surface area contributed by atoms with Crippen LogP contribution in [0.5, 0.6) is 0 Å². The summed E-state index contributed by atoms with van der Waals surface area (Å²) < 4.78 is 11.7. The number of carbonyl (C=O) groups is 1. The summed E-state index contributed by atoms with van der Waals surface area (Å²) in [5.41, 5.74) is 6.12. The maximum Gasteiger partial charge on any atom is 0.307 e. The van der Waals surface area contributed by atoms with Gasteiger partial charge in [-0.3, -0.25) is 9.36 Å². The van der Waals surface area contributed by atoms with Crippen LogP contribution in [0.15, 0.2) is 30.3 Å². The van der Waals surface area contributed by atoms with Gasteiger partial charge in [-0.1, -0.05) is 50.1 Å². The standard InChI is InChI=1S/C15H24NO4P/c1-2-3-9-12(15(17)18)14(21(19)20)13(16)10-11-7-5-4-6-8-11/h4-8,12-14,21H,2-3,9-10,16H2,1H3,(H,17,18)(H,19,20). The Bertz CT molecular complexity index is 466. The predicted octanol–water partition coefficient (Wildman–Crippen LogP) is 2.28. The number of hydrogen-bond acceptors (Lipinski definition) is 3. The number of nitrogens with two attached hydrogens (primary N) is 1. The van der Waals surface area contributed by atoms with Crippen molar-refractivity contribution in [3.05, 3.63) is 35.9 Å². The van der Waals surface area contributed by atoms with E-state index in [-0.39, 0.29) is 0 Å². The molecule has 0 aliphatic heterocycles. The van der Waals surface area contributed by atoms with E-state index in [9.17, 15) is 19.4 Å². The highest BCUT2D eigenvalue weighted by atomic mass is 31.1. The van der Waals surface area contributed by atoms with Gasteiger partial charge in [0, 0.05) is 6.04 Å². The summed E-state index contributed by atoms with van der Waals surface area (Å²) in [5, 5.41) is 9.34. The van der Waals surface area contributed by atoms with Gasteiger partial charge in [-0.15, -0.1) is 0 Å². The van der Waals surface area contributed by atoms with Crippen molar-refractivity contribution in [2.45, 2.75) is 44.3 Å². The number of hydrogen-bond donors (Lipinski definition) is 3. The van der Waals surface area contributed by atoms with E-state index in [0.29, 0.717) is 19.3 Å². The average Bonchev–Trinajstić information content (AvgIpc) is 2.43. The van der Waals surface area contributed by atoms with Crippen LogP contribution in [0.2, 0.25) is 0 Å². The van der Waals surface area contributed by atoms with Crippen molar-refractivity contribution in [2.75, 3.05) is 0 Å². The summed E-state index contributed by atoms with van der Waals surface area (Å²) >= 11 is 0. The molecule has 1 aromatic rings. The lowest BCUT2D eigenvalue weighted by Crippen LogP contribution is -2.42. The van der Waals surface area contributed by atoms with Crippen molar-refractivity contribution in [2.24, 2.45) is 11.7 Å². The number of carboxylic acid groups (broad SMARTS) is 1. The van der Waals surface area contributed by atoms with Gasteiger partial charge in [0.15, 0.2) is 8.03 Å². The number of unbranched alkanes of at least 4 members (excludes halogenated alkanes) is 1. The van der Waals surface area contributed by atoms with Crippen molar-refractivity contribution >= 4 is 14.0 Å². The Morgan fingerprint density at radius 2 is 1.95 bits per heavy atom. The predicted molar refractivity (Wildman–Crippen MR) is 83.8 cm³/mol. The first-order valence-corrected chi connectivity index (χ1v) is 8.65. The first-order valence-electron chi connectivity index (χ1n) is 7.22. The van der Waals surface area contributed by atoms with Gasteiger partial charge in [-0.05, 0) is 18.4 Å². The fourth-order valence-electron chi connectivity index (χ4n) is 2.55. The molecular formula is C15H24NO4P. The first-order chi connectivity index (χ1) is 9.97. The number of benzene rings is 1. The number of carboxylic acids is 1. The Kier molecular flexibility index (Phi) is 7.65. The van der Waals surface area contributed by atoms with Gasteiger partial charge in [0.05, 0.1) is 11.6 Å². The lowest BCUT2D eigenvalue weighted by Gasteiger charge is -2.27. The minimum absolute atomic E-state index is 0.385.